The summed E-state index contributed by atoms with van der Waals surface area (Å²) in [6.45, 7) is 2.95. The standard InChI is InChI=1S/C13H18F3NO/c1-3-4-7-17-9-10-8-11(18-2)5-6-12(10)13(14,15)16/h5-6,8,17H,3-4,7,9H2,1-2H3. The quantitative estimate of drug-likeness (QED) is 0.790. The predicted octanol–water partition coefficient (Wildman–Crippen LogP) is 3.60. The van der Waals surface area contributed by atoms with Crippen LogP contribution in [-0.2, 0) is 12.7 Å². The van der Waals surface area contributed by atoms with Crippen LogP contribution >= 0.6 is 0 Å². The molecule has 0 bridgehead atoms. The van der Waals surface area contributed by atoms with Crippen molar-refractivity contribution in [1.82, 2.24) is 5.32 Å². The molecule has 0 aliphatic rings. The van der Waals surface area contributed by atoms with Gasteiger partial charge >= 0.3 is 6.18 Å². The molecule has 0 fully saturated rings. The Morgan fingerprint density at radius 3 is 2.56 bits per heavy atom. The molecule has 0 unspecified atom stereocenters. The zero-order valence-electron chi connectivity index (χ0n) is 10.6. The zero-order chi connectivity index (χ0) is 13.6. The van der Waals surface area contributed by atoms with Crippen LogP contribution in [0.25, 0.3) is 0 Å². The molecule has 1 N–H and O–H groups in total. The van der Waals surface area contributed by atoms with Gasteiger partial charge in [0.25, 0.3) is 0 Å². The average molecular weight is 261 g/mol. The van der Waals surface area contributed by atoms with Gasteiger partial charge in [-0.15, -0.1) is 0 Å². The lowest BCUT2D eigenvalue weighted by atomic mass is 10.1. The molecule has 0 amide bonds. The Morgan fingerprint density at radius 1 is 1.28 bits per heavy atom. The van der Waals surface area contributed by atoms with E-state index in [1.807, 2.05) is 6.92 Å². The van der Waals surface area contributed by atoms with Gasteiger partial charge in [0.15, 0.2) is 0 Å². The molecule has 0 aliphatic carbocycles. The second-order valence-corrected chi connectivity index (χ2v) is 4.05. The summed E-state index contributed by atoms with van der Waals surface area (Å²) in [5, 5.41) is 3.01. The molecule has 0 saturated carbocycles. The summed E-state index contributed by atoms with van der Waals surface area (Å²) in [6.07, 6.45) is -2.36. The number of halogens is 3. The summed E-state index contributed by atoms with van der Waals surface area (Å²) < 4.78 is 43.3. The third-order valence-electron chi connectivity index (χ3n) is 2.64. The number of hydrogen-bond donors (Lipinski definition) is 1. The maximum atomic E-state index is 12.8. The van der Waals surface area contributed by atoms with Crippen molar-refractivity contribution in [2.45, 2.75) is 32.5 Å². The number of alkyl halides is 3. The van der Waals surface area contributed by atoms with Gasteiger partial charge < -0.3 is 10.1 Å². The minimum atomic E-state index is -4.33. The number of ether oxygens (including phenoxy) is 1. The highest BCUT2D eigenvalue weighted by atomic mass is 19.4. The van der Waals surface area contributed by atoms with Crippen LogP contribution in [0.3, 0.4) is 0 Å². The molecule has 0 heterocycles. The lowest BCUT2D eigenvalue weighted by Crippen LogP contribution is -2.18. The van der Waals surface area contributed by atoms with Crippen molar-refractivity contribution in [3.8, 4) is 5.75 Å². The maximum absolute atomic E-state index is 12.8. The number of hydrogen-bond acceptors (Lipinski definition) is 2. The van der Waals surface area contributed by atoms with E-state index in [2.05, 4.69) is 5.32 Å². The molecular formula is C13H18F3NO. The molecule has 0 aromatic heterocycles. The van der Waals surface area contributed by atoms with Crippen LogP contribution in [-0.4, -0.2) is 13.7 Å². The van der Waals surface area contributed by atoms with Gasteiger partial charge in [0.1, 0.15) is 5.75 Å². The maximum Gasteiger partial charge on any atom is 0.416 e. The van der Waals surface area contributed by atoms with E-state index in [1.54, 1.807) is 0 Å². The second-order valence-electron chi connectivity index (χ2n) is 4.05. The predicted molar refractivity (Wildman–Crippen MR) is 64.6 cm³/mol. The van der Waals surface area contributed by atoms with E-state index in [-0.39, 0.29) is 12.1 Å². The van der Waals surface area contributed by atoms with Gasteiger partial charge in [0.05, 0.1) is 12.7 Å². The highest BCUT2D eigenvalue weighted by molar-refractivity contribution is 5.37. The van der Waals surface area contributed by atoms with Crippen LogP contribution in [0.1, 0.15) is 30.9 Å². The SMILES string of the molecule is CCCCNCc1cc(OC)ccc1C(F)(F)F. The molecule has 1 aromatic rings. The van der Waals surface area contributed by atoms with Crippen LogP contribution in [0.15, 0.2) is 18.2 Å². The Bertz CT molecular complexity index is 377. The van der Waals surface area contributed by atoms with Crippen LogP contribution in [0.2, 0.25) is 0 Å². The Kier molecular flexibility index (Phi) is 5.47. The molecule has 102 valence electrons. The number of methoxy groups -OCH3 is 1. The normalized spacial score (nSPS) is 11.6. The molecule has 0 spiro atoms. The molecule has 5 heteroatoms. The fourth-order valence-electron chi connectivity index (χ4n) is 1.64. The molecule has 0 saturated heterocycles. The van der Waals surface area contributed by atoms with E-state index < -0.39 is 11.7 Å². The minimum absolute atomic E-state index is 0.200. The van der Waals surface area contributed by atoms with E-state index in [0.717, 1.165) is 18.9 Å². The first-order valence-electron chi connectivity index (χ1n) is 5.94. The van der Waals surface area contributed by atoms with E-state index >= 15 is 0 Å². The van der Waals surface area contributed by atoms with Gasteiger partial charge in [-0.3, -0.25) is 0 Å². The van der Waals surface area contributed by atoms with Crippen molar-refractivity contribution in [3.63, 3.8) is 0 Å². The Labute approximate surface area is 105 Å². The van der Waals surface area contributed by atoms with Crippen molar-refractivity contribution >= 4 is 0 Å². The van der Waals surface area contributed by atoms with Crippen LogP contribution in [0.5, 0.6) is 5.75 Å². The highest BCUT2D eigenvalue weighted by Crippen LogP contribution is 2.33. The van der Waals surface area contributed by atoms with Crippen molar-refractivity contribution in [2.75, 3.05) is 13.7 Å². The fraction of sp³-hybridized carbons (Fsp3) is 0.538. The molecule has 0 aliphatic heterocycles. The highest BCUT2D eigenvalue weighted by Gasteiger charge is 2.33. The Balaban J connectivity index is 2.83. The summed E-state index contributed by atoms with van der Waals surface area (Å²) in [5.74, 6) is 0.440. The van der Waals surface area contributed by atoms with Gasteiger partial charge in [-0.05, 0) is 36.7 Å². The summed E-state index contributed by atoms with van der Waals surface area (Å²) in [4.78, 5) is 0. The van der Waals surface area contributed by atoms with E-state index in [9.17, 15) is 13.2 Å². The van der Waals surface area contributed by atoms with Crippen LogP contribution in [0.4, 0.5) is 13.2 Å². The van der Waals surface area contributed by atoms with Crippen molar-refractivity contribution in [2.24, 2.45) is 0 Å². The van der Waals surface area contributed by atoms with Crippen molar-refractivity contribution < 1.29 is 17.9 Å². The van der Waals surface area contributed by atoms with E-state index in [1.165, 1.54) is 19.2 Å². The second kappa shape index (κ2) is 6.64. The first-order valence-corrected chi connectivity index (χ1v) is 5.94. The monoisotopic (exact) mass is 261 g/mol. The average Bonchev–Trinajstić information content (AvgIpc) is 2.33. The molecular weight excluding hydrogens is 243 g/mol. The smallest absolute Gasteiger partial charge is 0.416 e. The summed E-state index contributed by atoms with van der Waals surface area (Å²) in [7, 11) is 1.44. The molecule has 0 atom stereocenters. The Morgan fingerprint density at radius 2 is 2.00 bits per heavy atom. The molecule has 18 heavy (non-hydrogen) atoms. The van der Waals surface area contributed by atoms with Gasteiger partial charge in [0.2, 0.25) is 0 Å². The minimum Gasteiger partial charge on any atom is -0.497 e. The largest absolute Gasteiger partial charge is 0.497 e. The molecule has 1 rings (SSSR count). The summed E-state index contributed by atoms with van der Waals surface area (Å²) in [6, 6.07) is 3.83. The molecule has 0 radical (unpaired) electrons. The molecule has 1 aromatic carbocycles. The third kappa shape index (κ3) is 4.22. The fourth-order valence-corrected chi connectivity index (χ4v) is 1.64. The van der Waals surface area contributed by atoms with E-state index in [0.29, 0.717) is 12.3 Å². The zero-order valence-corrected chi connectivity index (χ0v) is 10.6. The summed E-state index contributed by atoms with van der Waals surface area (Å²) >= 11 is 0. The van der Waals surface area contributed by atoms with Crippen molar-refractivity contribution in [3.05, 3.63) is 29.3 Å². The number of nitrogens with one attached hydrogen (secondary N) is 1. The third-order valence-corrected chi connectivity index (χ3v) is 2.64. The Hall–Kier alpha value is -1.23. The van der Waals surface area contributed by atoms with Gasteiger partial charge in [-0.25, -0.2) is 0 Å². The van der Waals surface area contributed by atoms with Gasteiger partial charge in [0, 0.05) is 6.54 Å². The topological polar surface area (TPSA) is 21.3 Å². The number of unbranched alkanes of at least 4 members (excludes halogenated alkanes) is 1. The van der Waals surface area contributed by atoms with Gasteiger partial charge in [-0.1, -0.05) is 13.3 Å². The van der Waals surface area contributed by atoms with E-state index in [4.69, 9.17) is 4.74 Å². The van der Waals surface area contributed by atoms with Crippen LogP contribution in [0, 0.1) is 0 Å². The van der Waals surface area contributed by atoms with Crippen molar-refractivity contribution in [1.29, 1.82) is 0 Å². The van der Waals surface area contributed by atoms with Gasteiger partial charge in [-0.2, -0.15) is 13.2 Å². The lowest BCUT2D eigenvalue weighted by Gasteiger charge is -2.14. The first-order chi connectivity index (χ1) is 8.49. The number of rotatable bonds is 6. The summed E-state index contributed by atoms with van der Waals surface area (Å²) in [5.41, 5.74) is -0.384. The van der Waals surface area contributed by atoms with Crippen LogP contribution < -0.4 is 10.1 Å². The molecule has 2 nitrogen and oxygen atoms in total. The first kappa shape index (κ1) is 14.8. The number of benzene rings is 1. The lowest BCUT2D eigenvalue weighted by molar-refractivity contribution is -0.138.